The molecule has 0 aliphatic carbocycles. The Morgan fingerprint density at radius 3 is 2.44 bits per heavy atom. The summed E-state index contributed by atoms with van der Waals surface area (Å²) in [7, 11) is 1.89. The summed E-state index contributed by atoms with van der Waals surface area (Å²) in [5.74, 6) is 5.28. The van der Waals surface area contributed by atoms with Crippen LogP contribution in [0.4, 0.5) is 0 Å². The molecule has 18 heavy (non-hydrogen) atoms. The normalized spacial score (nSPS) is 10.6. The summed E-state index contributed by atoms with van der Waals surface area (Å²) in [5, 5.41) is 12.2. The van der Waals surface area contributed by atoms with Crippen molar-refractivity contribution >= 4 is 5.97 Å². The van der Waals surface area contributed by atoms with Crippen molar-refractivity contribution in [2.24, 2.45) is 0 Å². The highest BCUT2D eigenvalue weighted by Crippen LogP contribution is 2.23. The van der Waals surface area contributed by atoms with Crippen molar-refractivity contribution < 1.29 is 9.90 Å². The fraction of sp³-hybridized carbons (Fsp3) is 0.400. The molecular formula is C15H19NO2. The van der Waals surface area contributed by atoms with Crippen LogP contribution < -0.4 is 5.32 Å². The lowest BCUT2D eigenvalue weighted by Gasteiger charge is -2.19. The maximum atomic E-state index is 11.1. The van der Waals surface area contributed by atoms with Crippen molar-refractivity contribution in [1.82, 2.24) is 5.32 Å². The lowest BCUT2D eigenvalue weighted by Crippen LogP contribution is -2.28. The standard InChI is InChI=1S/C15H19NO2/c1-15(2,14(17)18)13-9-7-12(8-10-13)6-4-5-11-16-3/h7-10,16H,5,11H2,1-3H3,(H,17,18). The molecule has 2 N–H and O–H groups in total. The molecule has 96 valence electrons. The van der Waals surface area contributed by atoms with Crippen LogP contribution in [0.15, 0.2) is 24.3 Å². The minimum atomic E-state index is -0.863. The first-order valence-corrected chi connectivity index (χ1v) is 5.96. The third-order valence-corrected chi connectivity index (χ3v) is 2.87. The van der Waals surface area contributed by atoms with Crippen LogP contribution in [-0.4, -0.2) is 24.7 Å². The van der Waals surface area contributed by atoms with Gasteiger partial charge in [0.25, 0.3) is 0 Å². The number of rotatable bonds is 4. The summed E-state index contributed by atoms with van der Waals surface area (Å²) in [4.78, 5) is 11.1. The molecule has 0 amide bonds. The molecule has 0 spiro atoms. The molecule has 1 aromatic carbocycles. The Morgan fingerprint density at radius 2 is 1.94 bits per heavy atom. The van der Waals surface area contributed by atoms with Crippen molar-refractivity contribution in [2.45, 2.75) is 25.7 Å². The highest BCUT2D eigenvalue weighted by atomic mass is 16.4. The number of hydrogen-bond donors (Lipinski definition) is 2. The van der Waals surface area contributed by atoms with Gasteiger partial charge in [-0.25, -0.2) is 0 Å². The van der Waals surface area contributed by atoms with Gasteiger partial charge in [-0.2, -0.15) is 0 Å². The van der Waals surface area contributed by atoms with E-state index in [9.17, 15) is 4.79 Å². The van der Waals surface area contributed by atoms with E-state index in [1.807, 2.05) is 31.3 Å². The predicted octanol–water partition coefficient (Wildman–Crippen LogP) is 2.01. The molecule has 1 aromatic rings. The van der Waals surface area contributed by atoms with Crippen LogP contribution in [0.25, 0.3) is 0 Å². The van der Waals surface area contributed by atoms with Crippen LogP contribution in [0.2, 0.25) is 0 Å². The molecule has 0 saturated heterocycles. The molecule has 1 rings (SSSR count). The summed E-state index contributed by atoms with van der Waals surface area (Å²) in [5.41, 5.74) is 0.838. The maximum absolute atomic E-state index is 11.1. The molecule has 0 unspecified atom stereocenters. The second kappa shape index (κ2) is 6.23. The van der Waals surface area contributed by atoms with Crippen LogP contribution in [0, 0.1) is 11.8 Å². The van der Waals surface area contributed by atoms with E-state index in [-0.39, 0.29) is 0 Å². The zero-order chi connectivity index (χ0) is 13.6. The zero-order valence-electron chi connectivity index (χ0n) is 11.1. The molecule has 0 aliphatic rings. The summed E-state index contributed by atoms with van der Waals surface area (Å²) >= 11 is 0. The van der Waals surface area contributed by atoms with E-state index in [1.54, 1.807) is 13.8 Å². The van der Waals surface area contributed by atoms with E-state index in [0.717, 1.165) is 24.1 Å². The second-order valence-corrected chi connectivity index (χ2v) is 4.66. The van der Waals surface area contributed by atoms with Gasteiger partial charge in [-0.3, -0.25) is 4.79 Å². The highest BCUT2D eigenvalue weighted by Gasteiger charge is 2.28. The monoisotopic (exact) mass is 245 g/mol. The van der Waals surface area contributed by atoms with E-state index in [1.165, 1.54) is 0 Å². The number of carboxylic acids is 1. The SMILES string of the molecule is CNCCC#Cc1ccc(C(C)(C)C(=O)O)cc1. The van der Waals surface area contributed by atoms with Crippen molar-refractivity contribution in [2.75, 3.05) is 13.6 Å². The third-order valence-electron chi connectivity index (χ3n) is 2.87. The highest BCUT2D eigenvalue weighted by molar-refractivity contribution is 5.80. The predicted molar refractivity (Wildman–Crippen MR) is 72.5 cm³/mol. The van der Waals surface area contributed by atoms with Gasteiger partial charge in [0.2, 0.25) is 0 Å². The molecule has 0 bridgehead atoms. The lowest BCUT2D eigenvalue weighted by atomic mass is 9.84. The topological polar surface area (TPSA) is 49.3 Å². The summed E-state index contributed by atoms with van der Waals surface area (Å²) in [6, 6.07) is 7.39. The Balaban J connectivity index is 2.79. The zero-order valence-corrected chi connectivity index (χ0v) is 11.1. The van der Waals surface area contributed by atoms with Gasteiger partial charge in [0.15, 0.2) is 0 Å². The molecule has 0 aromatic heterocycles. The van der Waals surface area contributed by atoms with E-state index in [2.05, 4.69) is 17.2 Å². The van der Waals surface area contributed by atoms with Gasteiger partial charge in [0, 0.05) is 18.5 Å². The first-order chi connectivity index (χ1) is 8.48. The van der Waals surface area contributed by atoms with Gasteiger partial charge in [-0.15, -0.1) is 0 Å². The van der Waals surface area contributed by atoms with E-state index in [4.69, 9.17) is 5.11 Å². The summed E-state index contributed by atoms with van der Waals surface area (Å²) in [6.45, 7) is 4.27. The summed E-state index contributed by atoms with van der Waals surface area (Å²) in [6.07, 6.45) is 0.804. The fourth-order valence-corrected chi connectivity index (χ4v) is 1.45. The Hall–Kier alpha value is -1.79. The van der Waals surface area contributed by atoms with Gasteiger partial charge in [-0.1, -0.05) is 24.0 Å². The Kier molecular flexibility index (Phi) is 4.94. The number of aliphatic carboxylic acids is 1. The van der Waals surface area contributed by atoms with Crippen LogP contribution in [0.1, 0.15) is 31.4 Å². The van der Waals surface area contributed by atoms with Gasteiger partial charge >= 0.3 is 5.97 Å². The Labute approximate surface area is 108 Å². The number of hydrogen-bond acceptors (Lipinski definition) is 2. The number of benzene rings is 1. The lowest BCUT2D eigenvalue weighted by molar-refractivity contribution is -0.142. The van der Waals surface area contributed by atoms with Crippen LogP contribution in [0.5, 0.6) is 0 Å². The van der Waals surface area contributed by atoms with Crippen molar-refractivity contribution in [3.63, 3.8) is 0 Å². The molecule has 0 saturated carbocycles. The van der Waals surface area contributed by atoms with Gasteiger partial charge in [-0.05, 0) is 38.6 Å². The maximum Gasteiger partial charge on any atom is 0.313 e. The first-order valence-electron chi connectivity index (χ1n) is 5.96. The minimum absolute atomic E-state index is 0.788. The molecule has 0 aliphatic heterocycles. The molecule has 3 nitrogen and oxygen atoms in total. The molecule has 0 fully saturated rings. The molecule has 0 heterocycles. The van der Waals surface area contributed by atoms with Crippen molar-refractivity contribution in [1.29, 1.82) is 0 Å². The van der Waals surface area contributed by atoms with Crippen LogP contribution in [0.3, 0.4) is 0 Å². The quantitative estimate of drug-likeness (QED) is 0.630. The smallest absolute Gasteiger partial charge is 0.313 e. The molecular weight excluding hydrogens is 226 g/mol. The number of carboxylic acid groups (broad SMARTS) is 1. The van der Waals surface area contributed by atoms with Gasteiger partial charge in [0.05, 0.1) is 5.41 Å². The number of nitrogens with one attached hydrogen (secondary N) is 1. The van der Waals surface area contributed by atoms with Crippen LogP contribution >= 0.6 is 0 Å². The molecule has 0 radical (unpaired) electrons. The fourth-order valence-electron chi connectivity index (χ4n) is 1.45. The minimum Gasteiger partial charge on any atom is -0.481 e. The van der Waals surface area contributed by atoms with E-state index >= 15 is 0 Å². The summed E-state index contributed by atoms with van der Waals surface area (Å²) < 4.78 is 0. The van der Waals surface area contributed by atoms with Crippen LogP contribution in [-0.2, 0) is 10.2 Å². The van der Waals surface area contributed by atoms with Crippen molar-refractivity contribution in [3.05, 3.63) is 35.4 Å². The number of carbonyl (C=O) groups is 1. The van der Waals surface area contributed by atoms with Crippen molar-refractivity contribution in [3.8, 4) is 11.8 Å². The third kappa shape index (κ3) is 3.61. The van der Waals surface area contributed by atoms with Gasteiger partial charge in [0.1, 0.15) is 0 Å². The Morgan fingerprint density at radius 1 is 1.33 bits per heavy atom. The van der Waals surface area contributed by atoms with Gasteiger partial charge < -0.3 is 10.4 Å². The largest absolute Gasteiger partial charge is 0.481 e. The molecule has 0 atom stereocenters. The van der Waals surface area contributed by atoms with E-state index in [0.29, 0.717) is 0 Å². The average Bonchev–Trinajstić information content (AvgIpc) is 2.35. The van der Waals surface area contributed by atoms with E-state index < -0.39 is 11.4 Å². The molecule has 3 heteroatoms. The first kappa shape index (κ1) is 14.3. The Bertz CT molecular complexity index is 464. The second-order valence-electron chi connectivity index (χ2n) is 4.66. The average molecular weight is 245 g/mol.